The lowest BCUT2D eigenvalue weighted by molar-refractivity contribution is 0.0635. The van der Waals surface area contributed by atoms with Crippen molar-refractivity contribution in [2.75, 3.05) is 5.32 Å². The summed E-state index contributed by atoms with van der Waals surface area (Å²) in [6.07, 6.45) is -0.685. The number of carbonyl (C=O) groups excluding carboxylic acids is 1. The van der Waals surface area contributed by atoms with Crippen molar-refractivity contribution in [3.8, 4) is 0 Å². The molecule has 100 valence electrons. The smallest absolute Gasteiger partial charge is 0.412 e. The van der Waals surface area contributed by atoms with Gasteiger partial charge in [-0.05, 0) is 45.4 Å². The minimum Gasteiger partial charge on any atom is -0.444 e. The van der Waals surface area contributed by atoms with E-state index in [-0.39, 0.29) is 11.7 Å². The number of rotatable bonds is 2. The Kier molecular flexibility index (Phi) is 4.29. The van der Waals surface area contributed by atoms with E-state index in [4.69, 9.17) is 10.5 Å². The predicted octanol–water partition coefficient (Wildman–Crippen LogP) is 3.19. The fourth-order valence-corrected chi connectivity index (χ4v) is 1.33. The van der Waals surface area contributed by atoms with Crippen LogP contribution in [0.4, 0.5) is 14.9 Å². The molecule has 4 nitrogen and oxygen atoms in total. The number of amides is 1. The minimum atomic E-state index is -0.685. The number of anilines is 1. The largest absolute Gasteiger partial charge is 0.444 e. The van der Waals surface area contributed by atoms with E-state index in [9.17, 15) is 9.18 Å². The number of benzene rings is 1. The molecule has 0 bridgehead atoms. The molecule has 0 spiro atoms. The van der Waals surface area contributed by atoms with Crippen molar-refractivity contribution >= 4 is 11.8 Å². The van der Waals surface area contributed by atoms with Crippen molar-refractivity contribution in [1.29, 1.82) is 0 Å². The van der Waals surface area contributed by atoms with Crippen LogP contribution in [0.15, 0.2) is 18.2 Å². The molecular weight excluding hydrogens is 235 g/mol. The highest BCUT2D eigenvalue weighted by Crippen LogP contribution is 2.20. The van der Waals surface area contributed by atoms with E-state index in [1.54, 1.807) is 33.8 Å². The van der Waals surface area contributed by atoms with Gasteiger partial charge in [0.2, 0.25) is 0 Å². The number of nitrogens with one attached hydrogen (secondary N) is 1. The van der Waals surface area contributed by atoms with E-state index >= 15 is 0 Å². The summed E-state index contributed by atoms with van der Waals surface area (Å²) in [5.74, 6) is -0.532. The summed E-state index contributed by atoms with van der Waals surface area (Å²) in [4.78, 5) is 11.5. The number of hydrogen-bond donors (Lipinski definition) is 2. The monoisotopic (exact) mass is 254 g/mol. The third-order valence-electron chi connectivity index (χ3n) is 2.15. The lowest BCUT2D eigenvalue weighted by Gasteiger charge is -2.20. The van der Waals surface area contributed by atoms with E-state index in [0.29, 0.717) is 5.56 Å². The van der Waals surface area contributed by atoms with Gasteiger partial charge in [-0.3, -0.25) is 5.32 Å². The van der Waals surface area contributed by atoms with Crippen LogP contribution in [0.25, 0.3) is 0 Å². The van der Waals surface area contributed by atoms with E-state index < -0.39 is 17.5 Å². The zero-order chi connectivity index (χ0) is 13.9. The molecule has 0 aliphatic carbocycles. The molecule has 0 saturated carbocycles. The van der Waals surface area contributed by atoms with Crippen LogP contribution in [-0.2, 0) is 4.74 Å². The van der Waals surface area contributed by atoms with Gasteiger partial charge in [0.05, 0.1) is 5.69 Å². The van der Waals surface area contributed by atoms with Crippen molar-refractivity contribution in [1.82, 2.24) is 0 Å². The molecule has 3 N–H and O–H groups in total. The van der Waals surface area contributed by atoms with Crippen LogP contribution in [0.1, 0.15) is 39.3 Å². The Morgan fingerprint density at radius 2 is 2.06 bits per heavy atom. The maximum atomic E-state index is 13.7. The third-order valence-corrected chi connectivity index (χ3v) is 2.15. The average molecular weight is 254 g/mol. The first-order valence-electron chi connectivity index (χ1n) is 5.74. The van der Waals surface area contributed by atoms with E-state index in [0.717, 1.165) is 0 Å². The van der Waals surface area contributed by atoms with Gasteiger partial charge in [0.25, 0.3) is 0 Å². The van der Waals surface area contributed by atoms with Crippen LogP contribution >= 0.6 is 0 Å². The lowest BCUT2D eigenvalue weighted by atomic mass is 10.1. The predicted molar refractivity (Wildman–Crippen MR) is 68.9 cm³/mol. The van der Waals surface area contributed by atoms with Crippen molar-refractivity contribution in [3.63, 3.8) is 0 Å². The maximum absolute atomic E-state index is 13.7. The first kappa shape index (κ1) is 14.4. The number of halogens is 1. The summed E-state index contributed by atoms with van der Waals surface area (Å²) in [5, 5.41) is 2.36. The highest BCUT2D eigenvalue weighted by molar-refractivity contribution is 5.85. The molecule has 0 radical (unpaired) electrons. The van der Waals surface area contributed by atoms with E-state index in [1.165, 1.54) is 12.1 Å². The second kappa shape index (κ2) is 5.35. The van der Waals surface area contributed by atoms with Crippen LogP contribution in [0.5, 0.6) is 0 Å². The quantitative estimate of drug-likeness (QED) is 0.851. The molecule has 0 aromatic heterocycles. The summed E-state index contributed by atoms with van der Waals surface area (Å²) in [6, 6.07) is 4.19. The molecule has 0 heterocycles. The normalized spacial score (nSPS) is 13.0. The fraction of sp³-hybridized carbons (Fsp3) is 0.462. The molecule has 5 heteroatoms. The zero-order valence-corrected chi connectivity index (χ0v) is 11.1. The average Bonchev–Trinajstić information content (AvgIpc) is 2.17. The van der Waals surface area contributed by atoms with Crippen LogP contribution in [0.2, 0.25) is 0 Å². The van der Waals surface area contributed by atoms with Gasteiger partial charge in [-0.15, -0.1) is 0 Å². The molecule has 0 fully saturated rings. The summed E-state index contributed by atoms with van der Waals surface area (Å²) < 4.78 is 18.7. The van der Waals surface area contributed by atoms with Crippen LogP contribution < -0.4 is 11.1 Å². The Labute approximate surface area is 106 Å². The van der Waals surface area contributed by atoms with E-state index in [1.807, 2.05) is 0 Å². The second-order valence-electron chi connectivity index (χ2n) is 5.15. The molecule has 1 unspecified atom stereocenters. The fourth-order valence-electron chi connectivity index (χ4n) is 1.33. The topological polar surface area (TPSA) is 64.3 Å². The van der Waals surface area contributed by atoms with Crippen molar-refractivity contribution in [2.24, 2.45) is 5.73 Å². The number of carbonyl (C=O) groups is 1. The first-order chi connectivity index (χ1) is 8.19. The Bertz CT molecular complexity index is 439. The number of nitrogens with two attached hydrogens (primary N) is 1. The van der Waals surface area contributed by atoms with Gasteiger partial charge in [0.15, 0.2) is 0 Å². The highest BCUT2D eigenvalue weighted by atomic mass is 19.1. The first-order valence-corrected chi connectivity index (χ1v) is 5.74. The molecule has 18 heavy (non-hydrogen) atoms. The SMILES string of the molecule is CC(N)c1ccc(NC(=O)OC(C)(C)C)c(F)c1. The zero-order valence-electron chi connectivity index (χ0n) is 11.1. The molecule has 0 aliphatic rings. The minimum absolute atomic E-state index is 0.0775. The second-order valence-corrected chi connectivity index (χ2v) is 5.15. The summed E-state index contributed by atoms with van der Waals surface area (Å²) in [6.45, 7) is 6.97. The molecular formula is C13H19FN2O2. The summed E-state index contributed by atoms with van der Waals surface area (Å²) in [7, 11) is 0. The van der Waals surface area contributed by atoms with Crippen molar-refractivity contribution < 1.29 is 13.9 Å². The number of ether oxygens (including phenoxy) is 1. The standard InChI is InChI=1S/C13H19FN2O2/c1-8(15)9-5-6-11(10(14)7-9)16-12(17)18-13(2,3)4/h5-8H,15H2,1-4H3,(H,16,17). The molecule has 1 atom stereocenters. The molecule has 0 saturated heterocycles. The van der Waals surface area contributed by atoms with Crippen LogP contribution in [-0.4, -0.2) is 11.7 Å². The molecule has 0 aliphatic heterocycles. The van der Waals surface area contributed by atoms with Crippen LogP contribution in [0, 0.1) is 5.82 Å². The number of hydrogen-bond acceptors (Lipinski definition) is 3. The van der Waals surface area contributed by atoms with Crippen molar-refractivity contribution in [3.05, 3.63) is 29.6 Å². The molecule has 1 rings (SSSR count). The Morgan fingerprint density at radius 3 is 2.50 bits per heavy atom. The van der Waals surface area contributed by atoms with Gasteiger partial charge in [-0.2, -0.15) is 0 Å². The van der Waals surface area contributed by atoms with E-state index in [2.05, 4.69) is 5.32 Å². The lowest BCUT2D eigenvalue weighted by Crippen LogP contribution is -2.27. The summed E-state index contributed by atoms with van der Waals surface area (Å²) >= 11 is 0. The molecule has 1 amide bonds. The van der Waals surface area contributed by atoms with Crippen LogP contribution in [0.3, 0.4) is 0 Å². The Morgan fingerprint density at radius 1 is 1.44 bits per heavy atom. The molecule has 1 aromatic rings. The van der Waals surface area contributed by atoms with Gasteiger partial charge < -0.3 is 10.5 Å². The third kappa shape index (κ3) is 4.33. The maximum Gasteiger partial charge on any atom is 0.412 e. The highest BCUT2D eigenvalue weighted by Gasteiger charge is 2.17. The van der Waals surface area contributed by atoms with Gasteiger partial charge in [-0.1, -0.05) is 6.07 Å². The van der Waals surface area contributed by atoms with Gasteiger partial charge >= 0.3 is 6.09 Å². The van der Waals surface area contributed by atoms with Gasteiger partial charge in [0.1, 0.15) is 11.4 Å². The Hall–Kier alpha value is -1.62. The van der Waals surface area contributed by atoms with Gasteiger partial charge in [0, 0.05) is 6.04 Å². The van der Waals surface area contributed by atoms with Gasteiger partial charge in [-0.25, -0.2) is 9.18 Å². The molecule has 1 aromatic carbocycles. The Balaban J connectivity index is 2.77. The summed E-state index contributed by atoms with van der Waals surface area (Å²) in [5.41, 5.74) is 5.77. The van der Waals surface area contributed by atoms with Crippen molar-refractivity contribution in [2.45, 2.75) is 39.3 Å².